The van der Waals surface area contributed by atoms with Gasteiger partial charge in [0.05, 0.1) is 0 Å². The Morgan fingerprint density at radius 3 is 2.57 bits per heavy atom. The van der Waals surface area contributed by atoms with E-state index in [0.29, 0.717) is 11.8 Å². The van der Waals surface area contributed by atoms with E-state index >= 15 is 0 Å². The Morgan fingerprint density at radius 2 is 1.91 bits per heavy atom. The molecule has 0 spiro atoms. The molecule has 0 atom stereocenters. The van der Waals surface area contributed by atoms with Crippen molar-refractivity contribution in [3.63, 3.8) is 0 Å². The fraction of sp³-hybridized carbons (Fsp3) is 0.278. The monoisotopic (exact) mass is 347 g/mol. The molecule has 0 heterocycles. The molecule has 122 valence electrons. The van der Waals surface area contributed by atoms with Crippen LogP contribution >= 0.6 is 0 Å². The van der Waals surface area contributed by atoms with Gasteiger partial charge in [0.15, 0.2) is 0 Å². The third-order valence-corrected chi connectivity index (χ3v) is 4.48. The largest absolute Gasteiger partial charge is 0.489 e. The van der Waals surface area contributed by atoms with Gasteiger partial charge in [-0.3, -0.25) is 0 Å². The van der Waals surface area contributed by atoms with Gasteiger partial charge in [-0.15, -0.1) is 0 Å². The Balaban J connectivity index is 2.23. The summed E-state index contributed by atoms with van der Waals surface area (Å²) in [5.41, 5.74) is 5.56. The standard InChI is InChI=1S/C18H21NO2S2/c1-12-8-9-17(14(3)10-12)21-11-15-13(2)6-5-7-16(15)19-18(20-4)23-22/h5-10,19H,11H2,1-4H3. The fourth-order valence-corrected chi connectivity index (χ4v) is 2.89. The second-order valence-electron chi connectivity index (χ2n) is 5.36. The smallest absolute Gasteiger partial charge is 0.213 e. The van der Waals surface area contributed by atoms with Gasteiger partial charge in [-0.25, -0.2) is 0 Å². The molecule has 23 heavy (non-hydrogen) atoms. The lowest BCUT2D eigenvalue weighted by atomic mass is 10.1. The lowest BCUT2D eigenvalue weighted by Crippen LogP contribution is -2.15. The number of nitrogens with one attached hydrogen (secondary N) is 1. The highest BCUT2D eigenvalue weighted by Gasteiger charge is 2.09. The number of hydrogen-bond acceptors (Lipinski definition) is 3. The first-order valence-corrected chi connectivity index (χ1v) is 9.05. The predicted octanol–water partition coefficient (Wildman–Crippen LogP) is 3.88. The van der Waals surface area contributed by atoms with Crippen molar-refractivity contribution in [2.45, 2.75) is 27.4 Å². The number of methoxy groups -OCH3 is 1. The van der Waals surface area contributed by atoms with E-state index in [0.717, 1.165) is 38.0 Å². The summed E-state index contributed by atoms with van der Waals surface area (Å²) in [5, 5.41) is 3.80. The molecule has 0 amide bonds. The van der Waals surface area contributed by atoms with Crippen LogP contribution in [-0.4, -0.2) is 12.3 Å². The number of ether oxygens (including phenoxy) is 2. The van der Waals surface area contributed by atoms with Crippen molar-refractivity contribution in [1.29, 1.82) is 0 Å². The molecule has 0 saturated heterocycles. The minimum Gasteiger partial charge on any atom is -0.489 e. The molecule has 0 aromatic heterocycles. The van der Waals surface area contributed by atoms with Crippen molar-refractivity contribution in [3.8, 4) is 5.75 Å². The van der Waals surface area contributed by atoms with Crippen LogP contribution in [0.15, 0.2) is 36.4 Å². The first-order chi connectivity index (χ1) is 11.0. The molecule has 0 unspecified atom stereocenters. The SMILES string of the molecule is COC(Nc1cccc(C)c1COc1ccc(C)cc1C)=S=S. The summed E-state index contributed by atoms with van der Waals surface area (Å²) < 4.78 is 11.2. The average molecular weight is 348 g/mol. The topological polar surface area (TPSA) is 30.5 Å². The van der Waals surface area contributed by atoms with Gasteiger partial charge in [-0.05, 0) is 65.1 Å². The van der Waals surface area contributed by atoms with Crippen molar-refractivity contribution < 1.29 is 9.47 Å². The number of benzene rings is 2. The van der Waals surface area contributed by atoms with Crippen LogP contribution in [0.2, 0.25) is 0 Å². The normalized spacial score (nSPS) is 10.3. The molecule has 0 radical (unpaired) electrons. The molecule has 2 aromatic rings. The summed E-state index contributed by atoms with van der Waals surface area (Å²) in [6, 6.07) is 12.3. The van der Waals surface area contributed by atoms with E-state index in [1.54, 1.807) is 7.11 Å². The molecular formula is C18H21NO2S2. The molecule has 1 N–H and O–H groups in total. The van der Waals surface area contributed by atoms with Crippen molar-refractivity contribution in [1.82, 2.24) is 0 Å². The highest BCUT2D eigenvalue weighted by atomic mass is 32.8. The second kappa shape index (κ2) is 8.24. The van der Waals surface area contributed by atoms with Crippen molar-refractivity contribution in [2.24, 2.45) is 0 Å². The maximum Gasteiger partial charge on any atom is 0.213 e. The van der Waals surface area contributed by atoms with Gasteiger partial charge in [0, 0.05) is 18.4 Å². The molecule has 2 aromatic carbocycles. The summed E-state index contributed by atoms with van der Waals surface area (Å²) in [4.78, 5) is 0. The van der Waals surface area contributed by atoms with Crippen molar-refractivity contribution in [2.75, 3.05) is 12.4 Å². The van der Waals surface area contributed by atoms with Gasteiger partial charge < -0.3 is 14.8 Å². The van der Waals surface area contributed by atoms with E-state index < -0.39 is 0 Å². The number of aryl methyl sites for hydroxylation is 3. The van der Waals surface area contributed by atoms with Gasteiger partial charge in [0.2, 0.25) is 5.17 Å². The molecule has 5 heteroatoms. The van der Waals surface area contributed by atoms with Gasteiger partial charge in [-0.2, -0.15) is 0 Å². The maximum absolute atomic E-state index is 6.03. The van der Waals surface area contributed by atoms with Crippen LogP contribution in [-0.2, 0) is 32.4 Å². The summed E-state index contributed by atoms with van der Waals surface area (Å²) >= 11 is 4.98. The quantitative estimate of drug-likeness (QED) is 0.850. The van der Waals surface area contributed by atoms with Crippen LogP contribution in [0.5, 0.6) is 5.75 Å². The van der Waals surface area contributed by atoms with Crippen LogP contribution in [0.3, 0.4) is 0 Å². The summed E-state index contributed by atoms with van der Waals surface area (Å²) in [6.07, 6.45) is 0. The van der Waals surface area contributed by atoms with E-state index in [4.69, 9.17) is 20.7 Å². The zero-order chi connectivity index (χ0) is 16.8. The first-order valence-electron chi connectivity index (χ1n) is 7.31. The Bertz CT molecular complexity index is 753. The van der Waals surface area contributed by atoms with Gasteiger partial charge in [0.25, 0.3) is 0 Å². The molecule has 0 aliphatic rings. The van der Waals surface area contributed by atoms with Gasteiger partial charge >= 0.3 is 0 Å². The average Bonchev–Trinajstić information content (AvgIpc) is 2.53. The van der Waals surface area contributed by atoms with Gasteiger partial charge in [-0.1, -0.05) is 29.8 Å². The highest BCUT2D eigenvalue weighted by molar-refractivity contribution is 8.17. The second-order valence-corrected chi connectivity index (χ2v) is 6.40. The van der Waals surface area contributed by atoms with E-state index in [2.05, 4.69) is 44.3 Å². The molecule has 3 nitrogen and oxygen atoms in total. The molecular weight excluding hydrogens is 326 g/mol. The lowest BCUT2D eigenvalue weighted by molar-refractivity contribution is 0.304. The van der Waals surface area contributed by atoms with Crippen LogP contribution in [0, 0.1) is 20.8 Å². The van der Waals surface area contributed by atoms with Crippen LogP contribution in [0.4, 0.5) is 5.69 Å². The van der Waals surface area contributed by atoms with Crippen molar-refractivity contribution in [3.05, 3.63) is 58.7 Å². The predicted molar refractivity (Wildman–Crippen MR) is 102 cm³/mol. The molecule has 2 rings (SSSR count). The van der Waals surface area contributed by atoms with E-state index in [1.165, 1.54) is 5.56 Å². The van der Waals surface area contributed by atoms with Crippen LogP contribution in [0.25, 0.3) is 0 Å². The molecule has 0 saturated carbocycles. The molecule has 0 aliphatic carbocycles. The molecule has 0 fully saturated rings. The zero-order valence-corrected chi connectivity index (χ0v) is 15.4. The summed E-state index contributed by atoms with van der Waals surface area (Å²) in [6.45, 7) is 6.69. The van der Waals surface area contributed by atoms with Crippen LogP contribution < -0.4 is 10.1 Å². The van der Waals surface area contributed by atoms with Crippen molar-refractivity contribution >= 4 is 32.0 Å². The lowest BCUT2D eigenvalue weighted by Gasteiger charge is -2.16. The Morgan fingerprint density at radius 1 is 1.13 bits per heavy atom. The Labute approximate surface area is 145 Å². The molecule has 0 aliphatic heterocycles. The minimum atomic E-state index is 0.484. The fourth-order valence-electron chi connectivity index (χ4n) is 2.34. The first kappa shape index (κ1) is 17.7. The van der Waals surface area contributed by atoms with Gasteiger partial charge in [0.1, 0.15) is 12.4 Å². The van der Waals surface area contributed by atoms with E-state index in [-0.39, 0.29) is 0 Å². The highest BCUT2D eigenvalue weighted by Crippen LogP contribution is 2.24. The third-order valence-electron chi connectivity index (χ3n) is 3.61. The number of anilines is 1. The zero-order valence-electron chi connectivity index (χ0n) is 13.8. The maximum atomic E-state index is 6.03. The van der Waals surface area contributed by atoms with E-state index in [1.807, 2.05) is 18.2 Å². The Hall–Kier alpha value is -1.69. The summed E-state index contributed by atoms with van der Waals surface area (Å²) in [5.74, 6) is 0.901. The Kier molecular flexibility index (Phi) is 6.33. The van der Waals surface area contributed by atoms with E-state index in [9.17, 15) is 0 Å². The molecule has 0 bridgehead atoms. The summed E-state index contributed by atoms with van der Waals surface area (Å²) in [7, 11) is 2.72. The number of hydrogen-bond donors (Lipinski definition) is 1. The number of rotatable bonds is 4. The third kappa shape index (κ3) is 4.64. The minimum absolute atomic E-state index is 0.484. The van der Waals surface area contributed by atoms with Crippen LogP contribution in [0.1, 0.15) is 22.3 Å².